The fraction of sp³-hybridized carbons (Fsp3) is 0.727. The lowest BCUT2D eigenvalue weighted by atomic mass is 10.2. The van der Waals surface area contributed by atoms with Crippen LogP contribution in [0.5, 0.6) is 0 Å². The van der Waals surface area contributed by atoms with Crippen molar-refractivity contribution >= 4 is 0 Å². The second-order valence-corrected chi connectivity index (χ2v) is 3.89. The highest BCUT2D eigenvalue weighted by molar-refractivity contribution is 4.97. The van der Waals surface area contributed by atoms with E-state index in [4.69, 9.17) is 0 Å². The smallest absolute Gasteiger partial charge is 0.0490 e. The number of H-pyrrole nitrogens is 1. The SMILES string of the molecule is CCCNCC(C)NCCc1ccn[nH]1. The summed E-state index contributed by atoms with van der Waals surface area (Å²) in [6.07, 6.45) is 4.00. The Kier molecular flexibility index (Phi) is 6.04. The fourth-order valence-electron chi connectivity index (χ4n) is 1.44. The maximum atomic E-state index is 3.92. The molecule has 1 rings (SSSR count). The third kappa shape index (κ3) is 5.54. The second-order valence-electron chi connectivity index (χ2n) is 3.89. The highest BCUT2D eigenvalue weighted by Crippen LogP contribution is 1.91. The Bertz CT molecular complexity index is 233. The molecule has 0 aromatic carbocycles. The first-order valence-corrected chi connectivity index (χ1v) is 5.75. The summed E-state index contributed by atoms with van der Waals surface area (Å²) >= 11 is 0. The number of aromatic nitrogens is 2. The largest absolute Gasteiger partial charge is 0.315 e. The Morgan fingerprint density at radius 1 is 1.47 bits per heavy atom. The average Bonchev–Trinajstić information content (AvgIpc) is 2.71. The molecule has 15 heavy (non-hydrogen) atoms. The third-order valence-electron chi connectivity index (χ3n) is 2.32. The molecule has 1 atom stereocenters. The number of rotatable bonds is 8. The van der Waals surface area contributed by atoms with E-state index in [2.05, 4.69) is 34.7 Å². The van der Waals surface area contributed by atoms with Crippen LogP contribution in [0.3, 0.4) is 0 Å². The van der Waals surface area contributed by atoms with Gasteiger partial charge in [0.1, 0.15) is 0 Å². The summed E-state index contributed by atoms with van der Waals surface area (Å²) in [7, 11) is 0. The van der Waals surface area contributed by atoms with E-state index in [0.717, 1.165) is 26.1 Å². The molecule has 0 aliphatic carbocycles. The molecule has 4 heteroatoms. The van der Waals surface area contributed by atoms with E-state index in [1.165, 1.54) is 12.1 Å². The first-order chi connectivity index (χ1) is 7.33. The molecule has 1 heterocycles. The molecular formula is C11H22N4. The van der Waals surface area contributed by atoms with Crippen LogP contribution in [-0.2, 0) is 6.42 Å². The number of aromatic amines is 1. The predicted octanol–water partition coefficient (Wildman–Crippen LogP) is 0.930. The second kappa shape index (κ2) is 7.43. The van der Waals surface area contributed by atoms with Crippen LogP contribution in [0, 0.1) is 0 Å². The monoisotopic (exact) mass is 210 g/mol. The van der Waals surface area contributed by atoms with Gasteiger partial charge in [0.25, 0.3) is 0 Å². The van der Waals surface area contributed by atoms with Crippen molar-refractivity contribution in [3.05, 3.63) is 18.0 Å². The number of nitrogens with zero attached hydrogens (tertiary/aromatic N) is 1. The quantitative estimate of drug-likeness (QED) is 0.560. The molecule has 4 nitrogen and oxygen atoms in total. The zero-order valence-electron chi connectivity index (χ0n) is 9.71. The van der Waals surface area contributed by atoms with Crippen molar-refractivity contribution in [2.24, 2.45) is 0 Å². The van der Waals surface area contributed by atoms with Gasteiger partial charge in [-0.1, -0.05) is 6.92 Å². The topological polar surface area (TPSA) is 52.7 Å². The van der Waals surface area contributed by atoms with Gasteiger partial charge in [-0.05, 0) is 26.0 Å². The van der Waals surface area contributed by atoms with Gasteiger partial charge < -0.3 is 10.6 Å². The summed E-state index contributed by atoms with van der Waals surface area (Å²) in [4.78, 5) is 0. The van der Waals surface area contributed by atoms with E-state index >= 15 is 0 Å². The zero-order valence-corrected chi connectivity index (χ0v) is 9.71. The molecule has 1 aromatic heterocycles. The van der Waals surface area contributed by atoms with E-state index in [-0.39, 0.29) is 0 Å². The average molecular weight is 210 g/mol. The van der Waals surface area contributed by atoms with Gasteiger partial charge in [0, 0.05) is 37.4 Å². The van der Waals surface area contributed by atoms with Gasteiger partial charge in [-0.2, -0.15) is 5.10 Å². The lowest BCUT2D eigenvalue weighted by Crippen LogP contribution is -2.37. The molecule has 0 bridgehead atoms. The van der Waals surface area contributed by atoms with Crippen LogP contribution >= 0.6 is 0 Å². The minimum Gasteiger partial charge on any atom is -0.315 e. The van der Waals surface area contributed by atoms with E-state index in [1.54, 1.807) is 6.20 Å². The molecule has 86 valence electrons. The maximum absolute atomic E-state index is 3.92. The Labute approximate surface area is 91.8 Å². The van der Waals surface area contributed by atoms with Gasteiger partial charge in [0.05, 0.1) is 0 Å². The van der Waals surface area contributed by atoms with Crippen LogP contribution in [0.1, 0.15) is 26.0 Å². The maximum Gasteiger partial charge on any atom is 0.0490 e. The van der Waals surface area contributed by atoms with Crippen LogP contribution in [0.25, 0.3) is 0 Å². The van der Waals surface area contributed by atoms with Crippen molar-refractivity contribution < 1.29 is 0 Å². The molecule has 0 radical (unpaired) electrons. The summed E-state index contributed by atoms with van der Waals surface area (Å²) in [5, 5.41) is 13.7. The summed E-state index contributed by atoms with van der Waals surface area (Å²) in [5.74, 6) is 0. The van der Waals surface area contributed by atoms with Crippen LogP contribution in [-0.4, -0.2) is 35.9 Å². The molecule has 0 saturated heterocycles. The summed E-state index contributed by atoms with van der Waals surface area (Å²) in [5.41, 5.74) is 1.19. The summed E-state index contributed by atoms with van der Waals surface area (Å²) in [6, 6.07) is 2.54. The molecule has 0 aliphatic heterocycles. The summed E-state index contributed by atoms with van der Waals surface area (Å²) in [6.45, 7) is 7.53. The number of hydrogen-bond donors (Lipinski definition) is 3. The molecular weight excluding hydrogens is 188 g/mol. The molecule has 0 amide bonds. The van der Waals surface area contributed by atoms with Crippen molar-refractivity contribution in [1.29, 1.82) is 0 Å². The molecule has 1 aromatic rings. The lowest BCUT2D eigenvalue weighted by Gasteiger charge is -2.13. The van der Waals surface area contributed by atoms with E-state index in [0.29, 0.717) is 6.04 Å². The van der Waals surface area contributed by atoms with Gasteiger partial charge in [0.15, 0.2) is 0 Å². The molecule has 0 aliphatic rings. The van der Waals surface area contributed by atoms with Crippen molar-refractivity contribution in [2.45, 2.75) is 32.7 Å². The van der Waals surface area contributed by atoms with Gasteiger partial charge in [0.2, 0.25) is 0 Å². The summed E-state index contributed by atoms with van der Waals surface area (Å²) < 4.78 is 0. The predicted molar refractivity (Wildman–Crippen MR) is 62.9 cm³/mol. The first-order valence-electron chi connectivity index (χ1n) is 5.75. The molecule has 0 saturated carbocycles. The lowest BCUT2D eigenvalue weighted by molar-refractivity contribution is 0.503. The van der Waals surface area contributed by atoms with Crippen LogP contribution in [0.4, 0.5) is 0 Å². The molecule has 1 unspecified atom stereocenters. The van der Waals surface area contributed by atoms with E-state index < -0.39 is 0 Å². The van der Waals surface area contributed by atoms with Crippen molar-refractivity contribution in [1.82, 2.24) is 20.8 Å². The number of nitrogens with one attached hydrogen (secondary N) is 3. The van der Waals surface area contributed by atoms with Gasteiger partial charge in [-0.25, -0.2) is 0 Å². The number of hydrogen-bond acceptors (Lipinski definition) is 3. The van der Waals surface area contributed by atoms with Crippen LogP contribution < -0.4 is 10.6 Å². The molecule has 3 N–H and O–H groups in total. The van der Waals surface area contributed by atoms with Crippen LogP contribution in [0.2, 0.25) is 0 Å². The zero-order chi connectivity index (χ0) is 10.9. The molecule has 0 spiro atoms. The minimum atomic E-state index is 0.527. The highest BCUT2D eigenvalue weighted by atomic mass is 15.1. The fourth-order valence-corrected chi connectivity index (χ4v) is 1.44. The Morgan fingerprint density at radius 3 is 3.00 bits per heavy atom. The Morgan fingerprint density at radius 2 is 2.33 bits per heavy atom. The van der Waals surface area contributed by atoms with Crippen molar-refractivity contribution in [3.8, 4) is 0 Å². The van der Waals surface area contributed by atoms with Gasteiger partial charge >= 0.3 is 0 Å². The first kappa shape index (κ1) is 12.2. The van der Waals surface area contributed by atoms with Gasteiger partial charge in [-0.15, -0.1) is 0 Å². The van der Waals surface area contributed by atoms with Crippen molar-refractivity contribution in [3.63, 3.8) is 0 Å². The van der Waals surface area contributed by atoms with Crippen molar-refractivity contribution in [2.75, 3.05) is 19.6 Å². The minimum absolute atomic E-state index is 0.527. The molecule has 0 fully saturated rings. The third-order valence-corrected chi connectivity index (χ3v) is 2.32. The van der Waals surface area contributed by atoms with Crippen LogP contribution in [0.15, 0.2) is 12.3 Å². The normalized spacial score (nSPS) is 12.9. The van der Waals surface area contributed by atoms with Gasteiger partial charge in [-0.3, -0.25) is 5.10 Å². The standard InChI is InChI=1S/C11H22N4/c1-3-6-12-9-10(2)13-7-4-11-5-8-14-15-11/h5,8,10,12-13H,3-4,6-7,9H2,1-2H3,(H,14,15). The van der Waals surface area contributed by atoms with E-state index in [9.17, 15) is 0 Å². The highest BCUT2D eigenvalue weighted by Gasteiger charge is 2.00. The Balaban J connectivity index is 1.99. The van der Waals surface area contributed by atoms with E-state index in [1.807, 2.05) is 6.07 Å². The Hall–Kier alpha value is -0.870.